The molecule has 1 amide bonds. The van der Waals surface area contributed by atoms with Gasteiger partial charge < -0.3 is 15.4 Å². The summed E-state index contributed by atoms with van der Waals surface area (Å²) in [4.78, 5) is 16.7. The summed E-state index contributed by atoms with van der Waals surface area (Å²) in [5, 5.41) is 11.6. The zero-order valence-electron chi connectivity index (χ0n) is 20.2. The third kappa shape index (κ3) is 4.75. The molecule has 6 heteroatoms. The van der Waals surface area contributed by atoms with Crippen LogP contribution in [0.2, 0.25) is 0 Å². The molecule has 6 nitrogen and oxygen atoms in total. The van der Waals surface area contributed by atoms with Gasteiger partial charge in [0.05, 0.1) is 24.3 Å². The van der Waals surface area contributed by atoms with Crippen LogP contribution in [0.1, 0.15) is 52.9 Å². The van der Waals surface area contributed by atoms with E-state index in [0.29, 0.717) is 23.8 Å². The van der Waals surface area contributed by atoms with E-state index in [9.17, 15) is 10.1 Å². The molecule has 3 aromatic rings. The molecule has 0 aliphatic carbocycles. The Morgan fingerprint density at radius 3 is 2.86 bits per heavy atom. The number of anilines is 1. The average molecular weight is 469 g/mol. The molecule has 3 aromatic carbocycles. The highest BCUT2D eigenvalue weighted by atomic mass is 16.5. The highest BCUT2D eigenvalue weighted by Crippen LogP contribution is 2.33. The highest BCUT2D eigenvalue weighted by molar-refractivity contribution is 5.95. The van der Waals surface area contributed by atoms with Crippen LogP contribution in [0, 0.1) is 11.3 Å². The maximum absolute atomic E-state index is 11.6. The molecule has 0 unspecified atom stereocenters. The van der Waals surface area contributed by atoms with Crippen LogP contribution in [0.3, 0.4) is 0 Å². The van der Waals surface area contributed by atoms with Gasteiger partial charge in [-0.05, 0) is 66.1 Å². The van der Waals surface area contributed by atoms with Crippen LogP contribution in [-0.2, 0) is 11.2 Å². The molecule has 0 bridgehead atoms. The van der Waals surface area contributed by atoms with E-state index in [1.807, 2.05) is 30.3 Å². The van der Waals surface area contributed by atoms with E-state index in [1.54, 1.807) is 0 Å². The number of nitriles is 1. The first-order valence-electron chi connectivity index (χ1n) is 12.5. The molecule has 2 atom stereocenters. The number of carbonyl (C=O) groups is 1. The number of nitrogens with two attached hydrogens (primary N) is 1. The second-order valence-electron chi connectivity index (χ2n) is 9.54. The van der Waals surface area contributed by atoms with Crippen molar-refractivity contribution >= 4 is 22.4 Å². The summed E-state index contributed by atoms with van der Waals surface area (Å²) in [6.07, 6.45) is 2.90. The number of benzene rings is 3. The van der Waals surface area contributed by atoms with Crippen molar-refractivity contribution in [1.29, 1.82) is 5.26 Å². The molecule has 180 valence electrons. The fraction of sp³-hybridized carbons (Fsp3) is 0.379. The Morgan fingerprint density at radius 2 is 2.06 bits per heavy atom. The minimum absolute atomic E-state index is 0.0589. The molecular formula is C29H32N4O2. The monoisotopic (exact) mass is 468 g/mol. The number of amides is 1. The minimum Gasteiger partial charge on any atom is -0.373 e. The lowest BCUT2D eigenvalue weighted by Crippen LogP contribution is -2.53. The number of primary amides is 1. The van der Waals surface area contributed by atoms with E-state index < -0.39 is 0 Å². The lowest BCUT2D eigenvalue weighted by Gasteiger charge is -2.43. The number of hydrogen-bond donors (Lipinski definition) is 1. The number of piperazine rings is 1. The summed E-state index contributed by atoms with van der Waals surface area (Å²) in [5.74, 6) is -0.379. The fourth-order valence-electron chi connectivity index (χ4n) is 5.62. The maximum atomic E-state index is 11.6. The Balaban J connectivity index is 1.27. The molecular weight excluding hydrogens is 436 g/mol. The maximum Gasteiger partial charge on any atom is 0.248 e. The van der Waals surface area contributed by atoms with Crippen molar-refractivity contribution in [2.24, 2.45) is 5.73 Å². The number of carbonyl (C=O) groups excluding carboxylic acids is 1. The smallest absolute Gasteiger partial charge is 0.248 e. The van der Waals surface area contributed by atoms with Gasteiger partial charge in [0.15, 0.2) is 0 Å². The first-order valence-corrected chi connectivity index (χ1v) is 12.5. The second kappa shape index (κ2) is 10.1. The van der Waals surface area contributed by atoms with Gasteiger partial charge in [-0.2, -0.15) is 5.26 Å². The van der Waals surface area contributed by atoms with Crippen LogP contribution in [-0.4, -0.2) is 49.6 Å². The average Bonchev–Trinajstić information content (AvgIpc) is 2.90. The first-order chi connectivity index (χ1) is 17.1. The van der Waals surface area contributed by atoms with Crippen LogP contribution in [0.25, 0.3) is 10.8 Å². The van der Waals surface area contributed by atoms with E-state index in [2.05, 4.69) is 47.1 Å². The Kier molecular flexibility index (Phi) is 6.72. The number of rotatable bonds is 6. The molecule has 1 fully saturated rings. The van der Waals surface area contributed by atoms with Gasteiger partial charge in [0, 0.05) is 48.9 Å². The molecule has 0 radical (unpaired) electrons. The van der Waals surface area contributed by atoms with Crippen LogP contribution in [0.4, 0.5) is 5.69 Å². The van der Waals surface area contributed by atoms with E-state index in [4.69, 9.17) is 10.5 Å². The Morgan fingerprint density at radius 1 is 1.17 bits per heavy atom. The lowest BCUT2D eigenvalue weighted by atomic mass is 9.93. The molecule has 0 spiro atoms. The van der Waals surface area contributed by atoms with Crippen LogP contribution >= 0.6 is 0 Å². The van der Waals surface area contributed by atoms with Gasteiger partial charge in [-0.25, -0.2) is 0 Å². The molecule has 5 rings (SSSR count). The molecule has 2 aliphatic rings. The van der Waals surface area contributed by atoms with Crippen molar-refractivity contribution in [3.63, 3.8) is 0 Å². The minimum atomic E-state index is -0.379. The summed E-state index contributed by atoms with van der Waals surface area (Å²) in [6.45, 7) is 6.89. The molecule has 2 N–H and O–H groups in total. The summed E-state index contributed by atoms with van der Waals surface area (Å²) in [5.41, 5.74) is 10.4. The largest absolute Gasteiger partial charge is 0.373 e. The zero-order valence-corrected chi connectivity index (χ0v) is 20.2. The van der Waals surface area contributed by atoms with E-state index in [1.165, 1.54) is 22.2 Å². The predicted molar refractivity (Wildman–Crippen MR) is 139 cm³/mol. The van der Waals surface area contributed by atoms with Crippen molar-refractivity contribution in [2.75, 3.05) is 37.7 Å². The van der Waals surface area contributed by atoms with E-state index in [0.717, 1.165) is 50.8 Å². The van der Waals surface area contributed by atoms with Crippen molar-refractivity contribution in [2.45, 2.75) is 38.3 Å². The number of fused-ring (bicyclic) bond motifs is 2. The fourth-order valence-corrected chi connectivity index (χ4v) is 5.62. The van der Waals surface area contributed by atoms with Crippen molar-refractivity contribution in [1.82, 2.24) is 4.90 Å². The zero-order chi connectivity index (χ0) is 24.4. The van der Waals surface area contributed by atoms with Gasteiger partial charge in [-0.3, -0.25) is 9.69 Å². The number of ether oxygens (including phenoxy) is 1. The SMILES string of the molecule is CC[C@@H]1CN(c2cccc3cc(C#N)ccc23)CCN1CC[C@@H]1OCCc2cc(C(N)=O)ccc21. The van der Waals surface area contributed by atoms with Gasteiger partial charge in [0.25, 0.3) is 0 Å². The Hall–Kier alpha value is -3.40. The number of nitrogens with zero attached hydrogens (tertiary/aromatic N) is 3. The normalized spacial score (nSPS) is 20.4. The Bertz CT molecular complexity index is 1280. The molecule has 2 heterocycles. The van der Waals surface area contributed by atoms with Gasteiger partial charge in [-0.1, -0.05) is 31.2 Å². The standard InChI is InChI=1S/C29H32N4O2/c1-2-24-19-33(27-5-3-4-21-16-20(18-30)6-8-25(21)27)14-13-32(24)12-10-28-26-9-7-23(29(31)34)17-22(26)11-15-35-28/h3-9,16-17,24,28H,2,10-15,19H2,1H3,(H2,31,34)/t24-,28+/m1/s1. The quantitative estimate of drug-likeness (QED) is 0.579. The third-order valence-corrected chi connectivity index (χ3v) is 7.55. The Labute approximate surface area is 206 Å². The van der Waals surface area contributed by atoms with Crippen molar-refractivity contribution in [3.05, 3.63) is 76.9 Å². The molecule has 35 heavy (non-hydrogen) atoms. The summed E-state index contributed by atoms with van der Waals surface area (Å²) in [7, 11) is 0. The van der Waals surface area contributed by atoms with Crippen molar-refractivity contribution in [3.8, 4) is 6.07 Å². The predicted octanol–water partition coefficient (Wildman–Crippen LogP) is 4.42. The van der Waals surface area contributed by atoms with Crippen molar-refractivity contribution < 1.29 is 9.53 Å². The molecule has 1 saturated heterocycles. The lowest BCUT2D eigenvalue weighted by molar-refractivity contribution is 0.0244. The molecule has 0 saturated carbocycles. The van der Waals surface area contributed by atoms with Crippen LogP contribution in [0.15, 0.2) is 54.6 Å². The van der Waals surface area contributed by atoms with Crippen LogP contribution < -0.4 is 10.6 Å². The van der Waals surface area contributed by atoms with E-state index >= 15 is 0 Å². The summed E-state index contributed by atoms with van der Waals surface area (Å²) in [6, 6.07) is 20.8. The van der Waals surface area contributed by atoms with Gasteiger partial charge in [0.1, 0.15) is 0 Å². The third-order valence-electron chi connectivity index (χ3n) is 7.55. The highest BCUT2D eigenvalue weighted by Gasteiger charge is 2.29. The van der Waals surface area contributed by atoms with Gasteiger partial charge in [0.2, 0.25) is 5.91 Å². The topological polar surface area (TPSA) is 82.6 Å². The van der Waals surface area contributed by atoms with Gasteiger partial charge >= 0.3 is 0 Å². The van der Waals surface area contributed by atoms with E-state index in [-0.39, 0.29) is 12.0 Å². The summed E-state index contributed by atoms with van der Waals surface area (Å²) < 4.78 is 6.15. The molecule has 2 aliphatic heterocycles. The first kappa shape index (κ1) is 23.3. The molecule has 0 aromatic heterocycles. The summed E-state index contributed by atoms with van der Waals surface area (Å²) >= 11 is 0. The van der Waals surface area contributed by atoms with Crippen LogP contribution in [0.5, 0.6) is 0 Å². The number of hydrogen-bond acceptors (Lipinski definition) is 5. The van der Waals surface area contributed by atoms with Gasteiger partial charge in [-0.15, -0.1) is 0 Å². The second-order valence-corrected chi connectivity index (χ2v) is 9.54.